The van der Waals surface area contributed by atoms with Crippen LogP contribution < -0.4 is 5.73 Å². The predicted molar refractivity (Wildman–Crippen MR) is 58.9 cm³/mol. The van der Waals surface area contributed by atoms with Gasteiger partial charge in [0, 0.05) is 6.42 Å². The molecule has 0 aliphatic carbocycles. The normalized spacial score (nSPS) is 10.3. The third kappa shape index (κ3) is 12.2. The van der Waals surface area contributed by atoms with Crippen molar-refractivity contribution in [3.63, 3.8) is 0 Å². The van der Waals surface area contributed by atoms with E-state index in [-0.39, 0.29) is 18.8 Å². The predicted octanol–water partition coefficient (Wildman–Crippen LogP) is 0.121. The van der Waals surface area contributed by atoms with Gasteiger partial charge in [-0.3, -0.25) is 9.59 Å². The van der Waals surface area contributed by atoms with Gasteiger partial charge in [0.2, 0.25) is 6.08 Å². The first-order valence-corrected chi connectivity index (χ1v) is 5.15. The van der Waals surface area contributed by atoms with Crippen LogP contribution in [0.3, 0.4) is 0 Å². The Morgan fingerprint density at radius 2 is 1.76 bits per heavy atom. The van der Waals surface area contributed by atoms with E-state index in [4.69, 9.17) is 15.9 Å². The van der Waals surface area contributed by atoms with Gasteiger partial charge in [-0.25, -0.2) is 10.2 Å². The Hall–Kier alpha value is -1.72. The first-order valence-electron chi connectivity index (χ1n) is 5.15. The molecule has 0 spiro atoms. The highest BCUT2D eigenvalue weighted by Gasteiger charge is 2.16. The summed E-state index contributed by atoms with van der Waals surface area (Å²) in [5.41, 5.74) is 5.47. The number of isocyanates is 1. The van der Waals surface area contributed by atoms with Crippen molar-refractivity contribution in [1.29, 1.82) is 5.41 Å². The Morgan fingerprint density at radius 3 is 2.18 bits per heavy atom. The van der Waals surface area contributed by atoms with E-state index < -0.39 is 12.0 Å². The smallest absolute Gasteiger partial charge is 0.322 e. The van der Waals surface area contributed by atoms with E-state index in [2.05, 4.69) is 9.47 Å². The van der Waals surface area contributed by atoms with Crippen LogP contribution in [0.1, 0.15) is 26.7 Å². The topological polar surface area (TPSA) is 120 Å². The fraction of sp³-hybridized carbons (Fsp3) is 0.700. The lowest BCUT2D eigenvalue weighted by Gasteiger charge is -2.09. The number of hydrogen-bond donors (Lipinski definition) is 2. The van der Waals surface area contributed by atoms with Gasteiger partial charge in [-0.05, 0) is 20.3 Å². The fourth-order valence-corrected chi connectivity index (χ4v) is 0.874. The second-order valence-corrected chi connectivity index (χ2v) is 2.80. The van der Waals surface area contributed by atoms with Crippen LogP contribution in [0, 0.1) is 5.41 Å². The van der Waals surface area contributed by atoms with Crippen LogP contribution in [-0.2, 0) is 23.9 Å². The zero-order valence-electron chi connectivity index (χ0n) is 10.0. The maximum Gasteiger partial charge on any atom is 0.322 e. The number of ether oxygens (including phenoxy) is 2. The summed E-state index contributed by atoms with van der Waals surface area (Å²) in [6, 6.07) is -0.737. The van der Waals surface area contributed by atoms with E-state index in [1.807, 2.05) is 0 Å². The lowest BCUT2D eigenvalue weighted by Crippen LogP contribution is -2.32. The molecule has 0 aliphatic rings. The molecule has 0 rings (SSSR count). The Labute approximate surface area is 99.8 Å². The Bertz CT molecular complexity index is 261. The van der Waals surface area contributed by atoms with Gasteiger partial charge < -0.3 is 15.2 Å². The van der Waals surface area contributed by atoms with Gasteiger partial charge in [0.15, 0.2) is 0 Å². The first kappa shape index (κ1) is 17.7. The van der Waals surface area contributed by atoms with Gasteiger partial charge in [-0.15, -0.1) is 0 Å². The van der Waals surface area contributed by atoms with Gasteiger partial charge in [-0.2, -0.15) is 0 Å². The summed E-state index contributed by atoms with van der Waals surface area (Å²) >= 11 is 0. The van der Waals surface area contributed by atoms with Gasteiger partial charge in [0.1, 0.15) is 6.04 Å². The Balaban J connectivity index is 0. The number of carbonyl (C=O) groups is 2. The van der Waals surface area contributed by atoms with Gasteiger partial charge in [-0.1, -0.05) is 0 Å². The van der Waals surface area contributed by atoms with Crippen LogP contribution in [0.4, 0.5) is 0 Å². The molecule has 0 heterocycles. The lowest BCUT2D eigenvalue weighted by molar-refractivity contribution is -0.146. The average molecular weight is 246 g/mol. The molecule has 0 aromatic carbocycles. The molecule has 0 bridgehead atoms. The van der Waals surface area contributed by atoms with E-state index >= 15 is 0 Å². The van der Waals surface area contributed by atoms with Crippen molar-refractivity contribution in [1.82, 2.24) is 0 Å². The van der Waals surface area contributed by atoms with E-state index in [1.165, 1.54) is 0 Å². The Kier molecular flexibility index (Phi) is 12.8. The lowest BCUT2D eigenvalue weighted by atomic mass is 10.2. The van der Waals surface area contributed by atoms with Crippen molar-refractivity contribution in [2.45, 2.75) is 32.7 Å². The molecule has 3 N–H and O–H groups in total. The number of hydrogen-bond acceptors (Lipinski definition) is 7. The van der Waals surface area contributed by atoms with E-state index in [0.717, 1.165) is 6.08 Å². The molecule has 0 aliphatic heterocycles. The third-order valence-corrected chi connectivity index (χ3v) is 1.55. The number of nitrogens with two attached hydrogens (primary N) is 1. The van der Waals surface area contributed by atoms with Crippen LogP contribution in [-0.4, -0.2) is 37.3 Å². The Morgan fingerprint density at radius 1 is 1.29 bits per heavy atom. The average Bonchev–Trinajstić information content (AvgIpc) is 2.27. The number of carbonyl (C=O) groups excluding carboxylic acids is 3. The summed E-state index contributed by atoms with van der Waals surface area (Å²) < 4.78 is 9.37. The van der Waals surface area contributed by atoms with Crippen molar-refractivity contribution in [2.24, 2.45) is 5.73 Å². The molecule has 0 aromatic heterocycles. The zero-order chi connectivity index (χ0) is 13.7. The standard InChI is InChI=1S/C9H17NO4.CHNO/c1-3-13-8(11)6-5-7(10)9(12)14-4-2;2-1-3/h7H,3-6,10H2,1-2H3;2H/t7-;/m0./s1. The molecule has 7 heteroatoms. The molecule has 0 saturated heterocycles. The number of nitrogens with one attached hydrogen (secondary N) is 1. The van der Waals surface area contributed by atoms with Crippen LogP contribution in [0.5, 0.6) is 0 Å². The van der Waals surface area contributed by atoms with Gasteiger partial charge >= 0.3 is 11.9 Å². The second kappa shape index (κ2) is 12.4. The molecular formula is C10H18N2O5. The van der Waals surface area contributed by atoms with Gasteiger partial charge in [0.05, 0.1) is 13.2 Å². The van der Waals surface area contributed by atoms with E-state index in [1.54, 1.807) is 13.8 Å². The number of rotatable bonds is 6. The third-order valence-electron chi connectivity index (χ3n) is 1.55. The van der Waals surface area contributed by atoms with Crippen LogP contribution >= 0.6 is 0 Å². The maximum absolute atomic E-state index is 11.0. The maximum atomic E-state index is 11.0. The summed E-state index contributed by atoms with van der Waals surface area (Å²) in [5.74, 6) is -0.816. The molecule has 0 aromatic rings. The largest absolute Gasteiger partial charge is 0.466 e. The van der Waals surface area contributed by atoms with E-state index in [9.17, 15) is 9.59 Å². The summed E-state index contributed by atoms with van der Waals surface area (Å²) in [4.78, 5) is 30.3. The quantitative estimate of drug-likeness (QED) is 0.390. The molecule has 0 saturated carbocycles. The highest BCUT2D eigenvalue weighted by Crippen LogP contribution is 1.99. The minimum atomic E-state index is -0.737. The molecule has 0 radical (unpaired) electrons. The van der Waals surface area contributed by atoms with Crippen LogP contribution in [0.2, 0.25) is 0 Å². The molecular weight excluding hydrogens is 228 g/mol. The summed E-state index contributed by atoms with van der Waals surface area (Å²) in [5, 5.41) is 5.40. The highest BCUT2D eigenvalue weighted by atomic mass is 16.5. The summed E-state index contributed by atoms with van der Waals surface area (Å²) in [6.45, 7) is 4.07. The minimum Gasteiger partial charge on any atom is -0.466 e. The highest BCUT2D eigenvalue weighted by molar-refractivity contribution is 5.77. The van der Waals surface area contributed by atoms with Crippen molar-refractivity contribution < 1.29 is 23.9 Å². The van der Waals surface area contributed by atoms with Crippen LogP contribution in [0.25, 0.3) is 0 Å². The summed E-state index contributed by atoms with van der Waals surface area (Å²) in [7, 11) is 0. The molecule has 1 atom stereocenters. The van der Waals surface area contributed by atoms with Crippen molar-refractivity contribution in [3.8, 4) is 0 Å². The number of esters is 2. The minimum absolute atomic E-state index is 0.147. The van der Waals surface area contributed by atoms with Crippen molar-refractivity contribution >= 4 is 18.0 Å². The molecule has 0 fully saturated rings. The fourth-order valence-electron chi connectivity index (χ4n) is 0.874. The van der Waals surface area contributed by atoms with Crippen LogP contribution in [0.15, 0.2) is 0 Å². The van der Waals surface area contributed by atoms with Crippen molar-refractivity contribution in [2.75, 3.05) is 13.2 Å². The molecule has 0 unspecified atom stereocenters. The zero-order valence-corrected chi connectivity index (χ0v) is 10.0. The monoisotopic (exact) mass is 246 g/mol. The summed E-state index contributed by atoms with van der Waals surface area (Å²) in [6.07, 6.45) is 1.16. The van der Waals surface area contributed by atoms with Gasteiger partial charge in [0.25, 0.3) is 0 Å². The molecule has 0 amide bonds. The van der Waals surface area contributed by atoms with E-state index in [0.29, 0.717) is 13.2 Å². The molecule has 98 valence electrons. The van der Waals surface area contributed by atoms with Crippen molar-refractivity contribution in [3.05, 3.63) is 0 Å². The first-order chi connectivity index (χ1) is 8.03. The molecule has 17 heavy (non-hydrogen) atoms. The molecule has 7 nitrogen and oxygen atoms in total. The second-order valence-electron chi connectivity index (χ2n) is 2.80. The SMILES string of the molecule is CCOC(=O)CC[C@H](N)C(=O)OCC.N=C=O.